The highest BCUT2D eigenvalue weighted by atomic mass is 19.4. The standard InChI is InChI=1S/C18H27F3O3/c19-18(20,21)16-11-10-15(14-17(16)23)24-13-9-7-5-3-1-2-4-6-8-12-22/h10-11,14,22-23H,1-9,12-13H2. The molecule has 0 aliphatic carbocycles. The SMILES string of the molecule is OCCCCCCCCCCCOc1ccc(C(F)(F)F)c(O)c1. The zero-order valence-electron chi connectivity index (χ0n) is 13.9. The highest BCUT2D eigenvalue weighted by molar-refractivity contribution is 5.41. The first-order valence-corrected chi connectivity index (χ1v) is 8.59. The van der Waals surface area contributed by atoms with E-state index in [9.17, 15) is 18.3 Å². The first kappa shape index (κ1) is 20.6. The summed E-state index contributed by atoms with van der Waals surface area (Å²) in [7, 11) is 0. The average molecular weight is 348 g/mol. The summed E-state index contributed by atoms with van der Waals surface area (Å²) in [6, 6.07) is 3.07. The van der Waals surface area contributed by atoms with Crippen molar-refractivity contribution in [3.8, 4) is 11.5 Å². The van der Waals surface area contributed by atoms with Crippen LogP contribution in [-0.2, 0) is 6.18 Å². The van der Waals surface area contributed by atoms with Crippen molar-refractivity contribution in [1.82, 2.24) is 0 Å². The summed E-state index contributed by atoms with van der Waals surface area (Å²) in [6.07, 6.45) is 5.11. The van der Waals surface area contributed by atoms with Crippen molar-refractivity contribution in [3.05, 3.63) is 23.8 Å². The minimum atomic E-state index is -4.55. The summed E-state index contributed by atoms with van der Waals surface area (Å²) in [5.74, 6) is -0.550. The van der Waals surface area contributed by atoms with Crippen LogP contribution in [0.25, 0.3) is 0 Å². The van der Waals surface area contributed by atoms with E-state index in [2.05, 4.69) is 0 Å². The maximum atomic E-state index is 12.5. The fourth-order valence-electron chi connectivity index (χ4n) is 2.48. The number of aromatic hydroxyl groups is 1. The highest BCUT2D eigenvalue weighted by Gasteiger charge is 2.33. The number of hydrogen-bond acceptors (Lipinski definition) is 3. The smallest absolute Gasteiger partial charge is 0.419 e. The zero-order valence-corrected chi connectivity index (χ0v) is 13.9. The van der Waals surface area contributed by atoms with E-state index in [4.69, 9.17) is 9.84 Å². The van der Waals surface area contributed by atoms with Gasteiger partial charge in [0.05, 0.1) is 12.2 Å². The van der Waals surface area contributed by atoms with Gasteiger partial charge >= 0.3 is 6.18 Å². The van der Waals surface area contributed by atoms with Crippen LogP contribution < -0.4 is 4.74 Å². The molecule has 1 aromatic rings. The molecule has 24 heavy (non-hydrogen) atoms. The Hall–Kier alpha value is -1.43. The number of benzene rings is 1. The second kappa shape index (κ2) is 11.2. The molecule has 0 saturated carbocycles. The van der Waals surface area contributed by atoms with Crippen molar-refractivity contribution >= 4 is 0 Å². The Labute approximate surface area is 141 Å². The van der Waals surface area contributed by atoms with Crippen molar-refractivity contribution in [1.29, 1.82) is 0 Å². The molecule has 138 valence electrons. The van der Waals surface area contributed by atoms with Crippen molar-refractivity contribution < 1.29 is 28.1 Å². The maximum Gasteiger partial charge on any atom is 0.419 e. The summed E-state index contributed by atoms with van der Waals surface area (Å²) >= 11 is 0. The lowest BCUT2D eigenvalue weighted by atomic mass is 10.1. The van der Waals surface area contributed by atoms with Gasteiger partial charge < -0.3 is 14.9 Å². The van der Waals surface area contributed by atoms with Gasteiger partial charge in [-0.05, 0) is 25.0 Å². The van der Waals surface area contributed by atoms with E-state index in [0.29, 0.717) is 6.61 Å². The van der Waals surface area contributed by atoms with Crippen LogP contribution in [0.3, 0.4) is 0 Å². The van der Waals surface area contributed by atoms with Gasteiger partial charge in [0.25, 0.3) is 0 Å². The Morgan fingerprint density at radius 2 is 1.38 bits per heavy atom. The molecule has 0 aliphatic heterocycles. The number of unbranched alkanes of at least 4 members (excludes halogenated alkanes) is 8. The van der Waals surface area contributed by atoms with Gasteiger partial charge in [0.15, 0.2) is 0 Å². The minimum absolute atomic E-state index is 0.254. The number of ether oxygens (including phenoxy) is 1. The number of aliphatic hydroxyl groups is 1. The molecule has 0 amide bonds. The summed E-state index contributed by atoms with van der Waals surface area (Å²) < 4.78 is 42.9. The van der Waals surface area contributed by atoms with E-state index in [1.165, 1.54) is 31.7 Å². The lowest BCUT2D eigenvalue weighted by molar-refractivity contribution is -0.138. The molecule has 0 aliphatic rings. The van der Waals surface area contributed by atoms with Crippen LogP contribution in [0, 0.1) is 0 Å². The largest absolute Gasteiger partial charge is 0.507 e. The Morgan fingerprint density at radius 1 is 0.833 bits per heavy atom. The van der Waals surface area contributed by atoms with E-state index in [1.807, 2.05) is 0 Å². The second-order valence-electron chi connectivity index (χ2n) is 5.93. The number of rotatable bonds is 12. The van der Waals surface area contributed by atoms with Gasteiger partial charge in [-0.1, -0.05) is 44.9 Å². The Bertz CT molecular complexity index is 461. The molecule has 0 atom stereocenters. The summed E-state index contributed by atoms with van der Waals surface area (Å²) in [5.41, 5.74) is -1.05. The molecule has 0 radical (unpaired) electrons. The van der Waals surface area contributed by atoms with E-state index in [0.717, 1.165) is 44.2 Å². The third kappa shape index (κ3) is 8.43. The van der Waals surface area contributed by atoms with Crippen LogP contribution in [-0.4, -0.2) is 23.4 Å². The van der Waals surface area contributed by atoms with Crippen LogP contribution in [0.1, 0.15) is 63.4 Å². The van der Waals surface area contributed by atoms with Gasteiger partial charge in [-0.3, -0.25) is 0 Å². The third-order valence-electron chi connectivity index (χ3n) is 3.85. The number of phenols is 1. The molecule has 0 fully saturated rings. The summed E-state index contributed by atoms with van der Waals surface area (Å²) in [4.78, 5) is 0. The van der Waals surface area contributed by atoms with Crippen LogP contribution in [0.4, 0.5) is 13.2 Å². The lowest BCUT2D eigenvalue weighted by Gasteiger charge is -2.11. The molecule has 2 N–H and O–H groups in total. The highest BCUT2D eigenvalue weighted by Crippen LogP contribution is 2.37. The van der Waals surface area contributed by atoms with Crippen molar-refractivity contribution in [2.75, 3.05) is 13.2 Å². The molecule has 1 aromatic carbocycles. The van der Waals surface area contributed by atoms with Gasteiger partial charge in [-0.15, -0.1) is 0 Å². The first-order chi connectivity index (χ1) is 11.4. The minimum Gasteiger partial charge on any atom is -0.507 e. The van der Waals surface area contributed by atoms with Crippen LogP contribution in [0.15, 0.2) is 18.2 Å². The average Bonchev–Trinajstić information content (AvgIpc) is 2.51. The fourth-order valence-corrected chi connectivity index (χ4v) is 2.48. The van der Waals surface area contributed by atoms with Crippen LogP contribution >= 0.6 is 0 Å². The molecule has 6 heteroatoms. The first-order valence-electron chi connectivity index (χ1n) is 8.59. The molecule has 0 saturated heterocycles. The van der Waals surface area contributed by atoms with Crippen LogP contribution in [0.5, 0.6) is 11.5 Å². The zero-order chi connectivity index (χ0) is 17.8. The van der Waals surface area contributed by atoms with Gasteiger partial charge in [-0.2, -0.15) is 13.2 Å². The topological polar surface area (TPSA) is 49.7 Å². The van der Waals surface area contributed by atoms with Gasteiger partial charge in [0, 0.05) is 12.7 Å². The van der Waals surface area contributed by atoms with Gasteiger partial charge in [0.1, 0.15) is 11.5 Å². The quantitative estimate of drug-likeness (QED) is 0.504. The summed E-state index contributed by atoms with van der Waals surface area (Å²) in [6.45, 7) is 0.706. The predicted octanol–water partition coefficient (Wildman–Crippen LogP) is 5.29. The molecule has 0 unspecified atom stereocenters. The van der Waals surface area contributed by atoms with E-state index in [-0.39, 0.29) is 12.4 Å². The molecule has 1 rings (SSSR count). The van der Waals surface area contributed by atoms with Gasteiger partial charge in [-0.25, -0.2) is 0 Å². The monoisotopic (exact) mass is 348 g/mol. The van der Waals surface area contributed by atoms with Gasteiger partial charge in [0.2, 0.25) is 0 Å². The molecular weight excluding hydrogens is 321 g/mol. The normalized spacial score (nSPS) is 11.7. The molecule has 3 nitrogen and oxygen atoms in total. The molecule has 0 bridgehead atoms. The second-order valence-corrected chi connectivity index (χ2v) is 5.93. The lowest BCUT2D eigenvalue weighted by Crippen LogP contribution is -2.05. The summed E-state index contributed by atoms with van der Waals surface area (Å²) in [5, 5.41) is 18.1. The Morgan fingerprint density at radius 3 is 1.88 bits per heavy atom. The van der Waals surface area contributed by atoms with E-state index in [1.54, 1.807) is 0 Å². The molecular formula is C18H27F3O3. The van der Waals surface area contributed by atoms with Crippen molar-refractivity contribution in [2.45, 2.75) is 64.0 Å². The number of hydrogen-bond donors (Lipinski definition) is 2. The van der Waals surface area contributed by atoms with Crippen molar-refractivity contribution in [3.63, 3.8) is 0 Å². The van der Waals surface area contributed by atoms with E-state index < -0.39 is 17.5 Å². The van der Waals surface area contributed by atoms with Crippen LogP contribution in [0.2, 0.25) is 0 Å². The molecule has 0 heterocycles. The molecule has 0 spiro atoms. The van der Waals surface area contributed by atoms with E-state index >= 15 is 0 Å². The Balaban J connectivity index is 2.08. The third-order valence-corrected chi connectivity index (χ3v) is 3.85. The number of halogens is 3. The fraction of sp³-hybridized carbons (Fsp3) is 0.667. The molecule has 0 aromatic heterocycles. The predicted molar refractivity (Wildman–Crippen MR) is 87.2 cm³/mol. The number of alkyl halides is 3. The van der Waals surface area contributed by atoms with Crippen molar-refractivity contribution in [2.24, 2.45) is 0 Å². The number of aliphatic hydroxyl groups excluding tert-OH is 1. The number of phenolic OH excluding ortho intramolecular Hbond substituents is 1. The Kier molecular flexibility index (Phi) is 9.60. The maximum absolute atomic E-state index is 12.5.